The van der Waals surface area contributed by atoms with Crippen molar-refractivity contribution >= 4 is 0 Å². The molecule has 21 heavy (non-hydrogen) atoms. The SMILES string of the molecule is CCc1ccc(-c2cn([C@H](C)CNC(C)(C)C)cn2)cc1. The Morgan fingerprint density at radius 3 is 2.43 bits per heavy atom. The third-order valence-electron chi connectivity index (χ3n) is 3.70. The van der Waals surface area contributed by atoms with Crippen LogP contribution in [0.1, 0.15) is 46.2 Å². The molecule has 0 unspecified atom stereocenters. The van der Waals surface area contributed by atoms with Crippen LogP contribution in [0.2, 0.25) is 0 Å². The van der Waals surface area contributed by atoms with E-state index in [4.69, 9.17) is 0 Å². The van der Waals surface area contributed by atoms with Gasteiger partial charge >= 0.3 is 0 Å². The molecule has 114 valence electrons. The highest BCUT2D eigenvalue weighted by atomic mass is 15.1. The maximum atomic E-state index is 4.54. The monoisotopic (exact) mass is 285 g/mol. The summed E-state index contributed by atoms with van der Waals surface area (Å²) in [5.74, 6) is 0. The Morgan fingerprint density at radius 1 is 1.19 bits per heavy atom. The Kier molecular flexibility index (Phi) is 4.84. The minimum atomic E-state index is 0.146. The fraction of sp³-hybridized carbons (Fsp3) is 0.500. The van der Waals surface area contributed by atoms with Crippen molar-refractivity contribution in [3.63, 3.8) is 0 Å². The molecule has 0 spiro atoms. The lowest BCUT2D eigenvalue weighted by Crippen LogP contribution is -2.39. The second-order valence-corrected chi connectivity index (χ2v) is 6.74. The number of aryl methyl sites for hydroxylation is 1. The highest BCUT2D eigenvalue weighted by Gasteiger charge is 2.12. The number of benzene rings is 1. The van der Waals surface area contributed by atoms with Crippen molar-refractivity contribution in [1.29, 1.82) is 0 Å². The van der Waals surface area contributed by atoms with Gasteiger partial charge in [0.25, 0.3) is 0 Å². The Balaban J connectivity index is 2.06. The van der Waals surface area contributed by atoms with Gasteiger partial charge in [0.2, 0.25) is 0 Å². The normalized spacial score (nSPS) is 13.4. The van der Waals surface area contributed by atoms with Crippen LogP contribution in [0.15, 0.2) is 36.8 Å². The van der Waals surface area contributed by atoms with E-state index >= 15 is 0 Å². The van der Waals surface area contributed by atoms with E-state index in [1.54, 1.807) is 0 Å². The summed E-state index contributed by atoms with van der Waals surface area (Å²) in [7, 11) is 0. The molecule has 2 aromatic rings. The molecule has 0 bridgehead atoms. The van der Waals surface area contributed by atoms with E-state index < -0.39 is 0 Å². The van der Waals surface area contributed by atoms with E-state index in [9.17, 15) is 0 Å². The van der Waals surface area contributed by atoms with Gasteiger partial charge in [-0.2, -0.15) is 0 Å². The standard InChI is InChI=1S/C18H27N3/c1-6-15-7-9-16(10-8-15)17-12-21(13-19-17)14(2)11-20-18(3,4)5/h7-10,12-14,20H,6,11H2,1-5H3/t14-/m1/s1. The molecule has 1 atom stereocenters. The van der Waals surface area contributed by atoms with E-state index in [-0.39, 0.29) is 5.54 Å². The molecule has 0 aliphatic carbocycles. The minimum Gasteiger partial charge on any atom is -0.333 e. The summed E-state index contributed by atoms with van der Waals surface area (Å²) >= 11 is 0. The Bertz CT molecular complexity index is 561. The topological polar surface area (TPSA) is 29.9 Å². The van der Waals surface area contributed by atoms with Gasteiger partial charge in [-0.25, -0.2) is 4.98 Å². The maximum absolute atomic E-state index is 4.54. The third kappa shape index (κ3) is 4.43. The molecule has 0 amide bonds. The molecular formula is C18H27N3. The number of hydrogen-bond donors (Lipinski definition) is 1. The summed E-state index contributed by atoms with van der Waals surface area (Å²) in [6.45, 7) is 11.9. The number of aromatic nitrogens is 2. The van der Waals surface area contributed by atoms with Crippen molar-refractivity contribution in [3.05, 3.63) is 42.4 Å². The van der Waals surface area contributed by atoms with Gasteiger partial charge in [-0.15, -0.1) is 0 Å². The Labute approximate surface area is 128 Å². The predicted molar refractivity (Wildman–Crippen MR) is 89.5 cm³/mol. The zero-order valence-corrected chi connectivity index (χ0v) is 13.9. The van der Waals surface area contributed by atoms with Crippen LogP contribution in [0, 0.1) is 0 Å². The van der Waals surface area contributed by atoms with Crippen LogP contribution >= 0.6 is 0 Å². The molecule has 0 saturated heterocycles. The second kappa shape index (κ2) is 6.44. The molecule has 1 heterocycles. The van der Waals surface area contributed by atoms with E-state index in [2.05, 4.69) is 79.9 Å². The van der Waals surface area contributed by atoms with Crippen LogP contribution in [-0.2, 0) is 6.42 Å². The zero-order chi connectivity index (χ0) is 15.5. The van der Waals surface area contributed by atoms with Gasteiger partial charge in [-0.05, 0) is 39.7 Å². The fourth-order valence-corrected chi connectivity index (χ4v) is 2.20. The second-order valence-electron chi connectivity index (χ2n) is 6.74. The number of imidazole rings is 1. The Morgan fingerprint density at radius 2 is 1.86 bits per heavy atom. The lowest BCUT2D eigenvalue weighted by Gasteiger charge is -2.23. The van der Waals surface area contributed by atoms with Crippen LogP contribution < -0.4 is 5.32 Å². The average Bonchev–Trinajstić information content (AvgIpc) is 2.94. The molecule has 0 saturated carbocycles. The van der Waals surface area contributed by atoms with Crippen molar-refractivity contribution < 1.29 is 0 Å². The van der Waals surface area contributed by atoms with E-state index in [1.807, 2.05) is 6.33 Å². The van der Waals surface area contributed by atoms with Crippen LogP contribution in [0.25, 0.3) is 11.3 Å². The van der Waals surface area contributed by atoms with E-state index in [1.165, 1.54) is 11.1 Å². The summed E-state index contributed by atoms with van der Waals surface area (Å²) in [6, 6.07) is 9.06. The van der Waals surface area contributed by atoms with Crippen molar-refractivity contribution in [2.45, 2.75) is 52.6 Å². The number of nitrogens with zero attached hydrogens (tertiary/aromatic N) is 2. The largest absolute Gasteiger partial charge is 0.333 e. The van der Waals surface area contributed by atoms with Crippen LogP contribution in [0.5, 0.6) is 0 Å². The molecule has 1 aromatic carbocycles. The first-order chi connectivity index (χ1) is 9.89. The van der Waals surface area contributed by atoms with Crippen molar-refractivity contribution in [2.24, 2.45) is 0 Å². The lowest BCUT2D eigenvalue weighted by molar-refractivity contribution is 0.379. The Hall–Kier alpha value is -1.61. The molecule has 1 N–H and O–H groups in total. The van der Waals surface area contributed by atoms with Gasteiger partial charge < -0.3 is 9.88 Å². The molecule has 0 fully saturated rings. The van der Waals surface area contributed by atoms with Gasteiger partial charge in [0, 0.05) is 29.9 Å². The van der Waals surface area contributed by atoms with Crippen LogP contribution in [-0.4, -0.2) is 21.6 Å². The molecule has 2 rings (SSSR count). The fourth-order valence-electron chi connectivity index (χ4n) is 2.20. The molecular weight excluding hydrogens is 258 g/mol. The van der Waals surface area contributed by atoms with Gasteiger partial charge in [0.05, 0.1) is 12.0 Å². The number of nitrogens with one attached hydrogen (secondary N) is 1. The van der Waals surface area contributed by atoms with Crippen molar-refractivity contribution in [1.82, 2.24) is 14.9 Å². The molecule has 0 radical (unpaired) electrons. The summed E-state index contributed by atoms with van der Waals surface area (Å²) in [5.41, 5.74) is 3.73. The first-order valence-corrected chi connectivity index (χ1v) is 7.77. The van der Waals surface area contributed by atoms with Crippen LogP contribution in [0.3, 0.4) is 0 Å². The molecule has 0 aliphatic heterocycles. The van der Waals surface area contributed by atoms with Crippen molar-refractivity contribution in [2.75, 3.05) is 6.54 Å². The summed E-state index contributed by atoms with van der Waals surface area (Å²) < 4.78 is 2.18. The smallest absolute Gasteiger partial charge is 0.0956 e. The van der Waals surface area contributed by atoms with E-state index in [0.29, 0.717) is 6.04 Å². The maximum Gasteiger partial charge on any atom is 0.0956 e. The van der Waals surface area contributed by atoms with Crippen molar-refractivity contribution in [3.8, 4) is 11.3 Å². The number of hydrogen-bond acceptors (Lipinski definition) is 2. The van der Waals surface area contributed by atoms with Gasteiger partial charge in [-0.1, -0.05) is 31.2 Å². The summed E-state index contributed by atoms with van der Waals surface area (Å²) in [4.78, 5) is 4.54. The van der Waals surface area contributed by atoms with E-state index in [0.717, 1.165) is 18.7 Å². The molecule has 3 heteroatoms. The first-order valence-electron chi connectivity index (χ1n) is 7.77. The number of rotatable bonds is 5. The minimum absolute atomic E-state index is 0.146. The predicted octanol–water partition coefficient (Wildman–Crippen LogP) is 4.06. The lowest BCUT2D eigenvalue weighted by atomic mass is 10.1. The quantitative estimate of drug-likeness (QED) is 0.897. The summed E-state index contributed by atoms with van der Waals surface area (Å²) in [6.07, 6.45) is 5.14. The highest BCUT2D eigenvalue weighted by molar-refractivity contribution is 5.58. The van der Waals surface area contributed by atoms with Gasteiger partial charge in [0.1, 0.15) is 0 Å². The zero-order valence-electron chi connectivity index (χ0n) is 13.9. The van der Waals surface area contributed by atoms with Crippen LogP contribution in [0.4, 0.5) is 0 Å². The average molecular weight is 285 g/mol. The first kappa shape index (κ1) is 15.8. The van der Waals surface area contributed by atoms with Gasteiger partial charge in [-0.3, -0.25) is 0 Å². The molecule has 3 nitrogen and oxygen atoms in total. The molecule has 0 aliphatic rings. The third-order valence-corrected chi connectivity index (χ3v) is 3.70. The summed E-state index contributed by atoms with van der Waals surface area (Å²) in [5, 5.41) is 3.54. The molecule has 1 aromatic heterocycles. The highest BCUT2D eigenvalue weighted by Crippen LogP contribution is 2.19. The van der Waals surface area contributed by atoms with Gasteiger partial charge in [0.15, 0.2) is 0 Å².